The molecule has 0 spiro atoms. The summed E-state index contributed by atoms with van der Waals surface area (Å²) in [5, 5.41) is 3.53. The molecule has 2 heteroatoms. The molecular weight excluding hydrogens is 234 g/mol. The molecule has 0 saturated heterocycles. The highest BCUT2D eigenvalue weighted by atomic mass is 16.3. The molecule has 19 heavy (non-hydrogen) atoms. The fourth-order valence-corrected chi connectivity index (χ4v) is 2.13. The number of hydrogen-bond acceptors (Lipinski definition) is 2. The van der Waals surface area contributed by atoms with Crippen LogP contribution in [0.15, 0.2) is 47.1 Å². The Bertz CT molecular complexity index is 470. The molecule has 0 bridgehead atoms. The van der Waals surface area contributed by atoms with E-state index in [4.69, 9.17) is 4.42 Å². The fraction of sp³-hybridized carbons (Fsp3) is 0.412. The monoisotopic (exact) mass is 257 g/mol. The summed E-state index contributed by atoms with van der Waals surface area (Å²) in [5.74, 6) is 1.65. The van der Waals surface area contributed by atoms with Gasteiger partial charge in [0.1, 0.15) is 5.76 Å². The maximum atomic E-state index is 5.35. The second-order valence-electron chi connectivity index (χ2n) is 5.44. The number of rotatable bonds is 6. The van der Waals surface area contributed by atoms with E-state index < -0.39 is 0 Å². The van der Waals surface area contributed by atoms with Crippen LogP contribution in [0.25, 0.3) is 0 Å². The Labute approximate surface area is 115 Å². The van der Waals surface area contributed by atoms with Gasteiger partial charge in [-0.15, -0.1) is 0 Å². The minimum Gasteiger partial charge on any atom is -0.469 e. The Morgan fingerprint density at radius 1 is 1.05 bits per heavy atom. The van der Waals surface area contributed by atoms with E-state index in [1.54, 1.807) is 6.26 Å². The van der Waals surface area contributed by atoms with Gasteiger partial charge in [-0.25, -0.2) is 0 Å². The van der Waals surface area contributed by atoms with Gasteiger partial charge in [-0.2, -0.15) is 0 Å². The van der Waals surface area contributed by atoms with Gasteiger partial charge in [-0.1, -0.05) is 26.0 Å². The largest absolute Gasteiger partial charge is 0.469 e. The Hall–Kier alpha value is -1.70. The normalized spacial score (nSPS) is 12.6. The first-order valence-corrected chi connectivity index (χ1v) is 7.04. The molecule has 0 amide bonds. The molecular formula is C17H23NO. The molecule has 0 aliphatic carbocycles. The van der Waals surface area contributed by atoms with Gasteiger partial charge in [0, 0.05) is 18.2 Å². The van der Waals surface area contributed by atoms with Crippen molar-refractivity contribution in [1.29, 1.82) is 0 Å². The van der Waals surface area contributed by atoms with Crippen molar-refractivity contribution in [1.82, 2.24) is 0 Å². The van der Waals surface area contributed by atoms with Crippen molar-refractivity contribution >= 4 is 5.69 Å². The zero-order chi connectivity index (χ0) is 13.7. The van der Waals surface area contributed by atoms with E-state index in [1.807, 2.05) is 12.1 Å². The summed E-state index contributed by atoms with van der Waals surface area (Å²) in [5.41, 5.74) is 2.57. The summed E-state index contributed by atoms with van der Waals surface area (Å²) < 4.78 is 5.35. The van der Waals surface area contributed by atoms with E-state index >= 15 is 0 Å². The van der Waals surface area contributed by atoms with Crippen molar-refractivity contribution in [3.63, 3.8) is 0 Å². The highest BCUT2D eigenvalue weighted by Crippen LogP contribution is 2.18. The Balaban J connectivity index is 1.82. The zero-order valence-electron chi connectivity index (χ0n) is 12.0. The zero-order valence-corrected chi connectivity index (χ0v) is 12.0. The van der Waals surface area contributed by atoms with E-state index in [1.165, 1.54) is 11.3 Å². The smallest absolute Gasteiger partial charge is 0.103 e. The molecule has 0 aliphatic heterocycles. The van der Waals surface area contributed by atoms with Crippen LogP contribution in [0.4, 0.5) is 5.69 Å². The van der Waals surface area contributed by atoms with Crippen LogP contribution in [0, 0.1) is 0 Å². The lowest BCUT2D eigenvalue weighted by atomic mass is 10.0. The molecule has 0 aliphatic rings. The molecule has 1 N–H and O–H groups in total. The van der Waals surface area contributed by atoms with Gasteiger partial charge in [0.2, 0.25) is 0 Å². The van der Waals surface area contributed by atoms with Crippen molar-refractivity contribution in [2.45, 2.75) is 45.6 Å². The molecule has 0 fully saturated rings. The number of hydrogen-bond donors (Lipinski definition) is 1. The quantitative estimate of drug-likeness (QED) is 0.801. The predicted molar refractivity (Wildman–Crippen MR) is 80.6 cm³/mol. The van der Waals surface area contributed by atoms with Crippen molar-refractivity contribution < 1.29 is 4.42 Å². The fourth-order valence-electron chi connectivity index (χ4n) is 2.13. The summed E-state index contributed by atoms with van der Waals surface area (Å²) in [6.45, 7) is 6.64. The minimum absolute atomic E-state index is 0.440. The van der Waals surface area contributed by atoms with E-state index in [2.05, 4.69) is 50.4 Å². The van der Waals surface area contributed by atoms with E-state index in [9.17, 15) is 0 Å². The number of aryl methyl sites for hydroxylation is 1. The molecule has 1 aromatic carbocycles. The van der Waals surface area contributed by atoms with Gasteiger partial charge in [0.05, 0.1) is 6.26 Å². The standard InChI is InChI=1S/C17H23NO/c1-13(2)15-7-9-16(10-8-15)18-14(3)6-11-17-5-4-12-19-17/h4-5,7-10,12-14,18H,6,11H2,1-3H3. The van der Waals surface area contributed by atoms with Gasteiger partial charge < -0.3 is 9.73 Å². The molecule has 1 heterocycles. The Morgan fingerprint density at radius 2 is 1.79 bits per heavy atom. The maximum absolute atomic E-state index is 5.35. The van der Waals surface area contributed by atoms with Crippen molar-refractivity contribution in [3.05, 3.63) is 54.0 Å². The van der Waals surface area contributed by atoms with Crippen molar-refractivity contribution in [3.8, 4) is 0 Å². The molecule has 1 atom stereocenters. The third-order valence-corrected chi connectivity index (χ3v) is 3.39. The molecule has 1 aromatic heterocycles. The maximum Gasteiger partial charge on any atom is 0.103 e. The summed E-state index contributed by atoms with van der Waals surface area (Å²) >= 11 is 0. The molecule has 2 rings (SSSR count). The van der Waals surface area contributed by atoms with Crippen LogP contribution in [0.1, 0.15) is 44.4 Å². The highest BCUT2D eigenvalue weighted by Gasteiger charge is 2.05. The summed E-state index contributed by atoms with van der Waals surface area (Å²) in [6.07, 6.45) is 3.78. The van der Waals surface area contributed by atoms with Crippen LogP contribution in [0.5, 0.6) is 0 Å². The van der Waals surface area contributed by atoms with Gasteiger partial charge in [0.25, 0.3) is 0 Å². The number of benzene rings is 1. The molecule has 0 radical (unpaired) electrons. The van der Waals surface area contributed by atoms with Crippen LogP contribution < -0.4 is 5.32 Å². The number of nitrogens with one attached hydrogen (secondary N) is 1. The van der Waals surface area contributed by atoms with Gasteiger partial charge in [0.15, 0.2) is 0 Å². The lowest BCUT2D eigenvalue weighted by molar-refractivity contribution is 0.495. The van der Waals surface area contributed by atoms with E-state index in [-0.39, 0.29) is 0 Å². The predicted octanol–water partition coefficient (Wildman–Crippen LogP) is 4.84. The summed E-state index contributed by atoms with van der Waals surface area (Å²) in [6, 6.07) is 13.1. The third kappa shape index (κ3) is 4.16. The lowest BCUT2D eigenvalue weighted by Crippen LogP contribution is -2.15. The molecule has 2 aromatic rings. The van der Waals surface area contributed by atoms with Crippen molar-refractivity contribution in [2.75, 3.05) is 5.32 Å². The second kappa shape index (κ2) is 6.46. The Morgan fingerprint density at radius 3 is 2.37 bits per heavy atom. The number of furan rings is 1. The first kappa shape index (κ1) is 13.7. The van der Waals surface area contributed by atoms with Crippen LogP contribution >= 0.6 is 0 Å². The topological polar surface area (TPSA) is 25.2 Å². The van der Waals surface area contributed by atoms with Crippen LogP contribution in [0.2, 0.25) is 0 Å². The minimum atomic E-state index is 0.440. The van der Waals surface area contributed by atoms with Gasteiger partial charge in [-0.3, -0.25) is 0 Å². The first-order valence-electron chi connectivity index (χ1n) is 7.04. The second-order valence-corrected chi connectivity index (χ2v) is 5.44. The average Bonchev–Trinajstić information content (AvgIpc) is 2.90. The highest BCUT2D eigenvalue weighted by molar-refractivity contribution is 5.45. The van der Waals surface area contributed by atoms with Crippen LogP contribution in [-0.2, 0) is 6.42 Å². The van der Waals surface area contributed by atoms with Crippen molar-refractivity contribution in [2.24, 2.45) is 0 Å². The third-order valence-electron chi connectivity index (χ3n) is 3.39. The Kier molecular flexibility index (Phi) is 4.67. The SMILES string of the molecule is CC(CCc1ccco1)Nc1ccc(C(C)C)cc1. The summed E-state index contributed by atoms with van der Waals surface area (Å²) in [7, 11) is 0. The molecule has 1 unspecified atom stereocenters. The number of anilines is 1. The summed E-state index contributed by atoms with van der Waals surface area (Å²) in [4.78, 5) is 0. The molecule has 102 valence electrons. The van der Waals surface area contributed by atoms with Gasteiger partial charge >= 0.3 is 0 Å². The van der Waals surface area contributed by atoms with E-state index in [0.717, 1.165) is 18.6 Å². The first-order chi connectivity index (χ1) is 9.15. The molecule has 2 nitrogen and oxygen atoms in total. The van der Waals surface area contributed by atoms with Gasteiger partial charge in [-0.05, 0) is 49.1 Å². The molecule has 0 saturated carbocycles. The lowest BCUT2D eigenvalue weighted by Gasteiger charge is -2.15. The van der Waals surface area contributed by atoms with E-state index in [0.29, 0.717) is 12.0 Å². The van der Waals surface area contributed by atoms with Crippen LogP contribution in [-0.4, -0.2) is 6.04 Å². The van der Waals surface area contributed by atoms with Crippen LogP contribution in [0.3, 0.4) is 0 Å². The average molecular weight is 257 g/mol.